The molecule has 0 atom stereocenters. The molecular weight excluding hydrogens is 208 g/mol. The van der Waals surface area contributed by atoms with E-state index in [-0.39, 0.29) is 11.7 Å². The van der Waals surface area contributed by atoms with E-state index < -0.39 is 0 Å². The summed E-state index contributed by atoms with van der Waals surface area (Å²) in [5, 5.41) is 20.2. The van der Waals surface area contributed by atoms with E-state index in [1.54, 1.807) is 19.1 Å². The number of hydrazone groups is 1. The van der Waals surface area contributed by atoms with Crippen LogP contribution in [0.4, 0.5) is 0 Å². The van der Waals surface area contributed by atoms with Gasteiger partial charge in [-0.1, -0.05) is 0 Å². The van der Waals surface area contributed by atoms with Crippen LogP contribution in [0, 0.1) is 5.41 Å². The zero-order valence-corrected chi connectivity index (χ0v) is 9.11. The number of phenols is 1. The summed E-state index contributed by atoms with van der Waals surface area (Å²) in [6.45, 7) is 1.75. The second kappa shape index (κ2) is 5.01. The van der Waals surface area contributed by atoms with Crippen LogP contribution in [0.2, 0.25) is 0 Å². The second-order valence-corrected chi connectivity index (χ2v) is 3.11. The van der Waals surface area contributed by atoms with E-state index in [9.17, 15) is 5.11 Å². The van der Waals surface area contributed by atoms with Gasteiger partial charge in [0.25, 0.3) is 0 Å². The van der Waals surface area contributed by atoms with E-state index in [1.165, 1.54) is 13.2 Å². The molecule has 1 rings (SSSR count). The summed E-state index contributed by atoms with van der Waals surface area (Å²) < 4.78 is 4.97. The molecule has 0 spiro atoms. The summed E-state index contributed by atoms with van der Waals surface area (Å²) >= 11 is 0. The van der Waals surface area contributed by atoms with E-state index in [0.717, 1.165) is 5.56 Å². The predicted molar refractivity (Wildman–Crippen MR) is 61.9 cm³/mol. The Morgan fingerprint density at radius 1 is 1.56 bits per heavy atom. The standard InChI is InChI=1S/C10H14N4O2/c1-6(13-14-10(11)12)7-3-4-8(15)9(5-7)16-2/h3-5,15H,1-2H3,(H4,11,12,14)/b13-6-. The number of ether oxygens (including phenoxy) is 1. The number of hydrogen-bond donors (Lipinski definition) is 4. The highest BCUT2D eigenvalue weighted by Crippen LogP contribution is 2.26. The van der Waals surface area contributed by atoms with Gasteiger partial charge in [0.1, 0.15) is 0 Å². The van der Waals surface area contributed by atoms with Crippen LogP contribution in [-0.4, -0.2) is 23.9 Å². The van der Waals surface area contributed by atoms with E-state index in [1.807, 2.05) is 0 Å². The third-order valence-electron chi connectivity index (χ3n) is 1.94. The SMILES string of the molecule is COc1cc(/C(C)=N\NC(=N)N)ccc1O. The van der Waals surface area contributed by atoms with E-state index in [2.05, 4.69) is 10.5 Å². The first-order chi connectivity index (χ1) is 7.54. The number of benzene rings is 1. The van der Waals surface area contributed by atoms with Gasteiger partial charge in [-0.15, -0.1) is 0 Å². The van der Waals surface area contributed by atoms with Crippen molar-refractivity contribution >= 4 is 11.7 Å². The Morgan fingerprint density at radius 2 is 2.25 bits per heavy atom. The number of hydrogen-bond acceptors (Lipinski definition) is 4. The Bertz CT molecular complexity index is 429. The molecule has 0 aromatic heterocycles. The zero-order valence-electron chi connectivity index (χ0n) is 9.11. The lowest BCUT2D eigenvalue weighted by atomic mass is 10.1. The molecule has 0 saturated carbocycles. The summed E-state index contributed by atoms with van der Waals surface area (Å²) in [5.41, 5.74) is 8.84. The minimum atomic E-state index is -0.231. The number of nitrogens with one attached hydrogen (secondary N) is 2. The summed E-state index contributed by atoms with van der Waals surface area (Å²) in [4.78, 5) is 0. The maximum atomic E-state index is 9.40. The summed E-state index contributed by atoms with van der Waals surface area (Å²) in [5.74, 6) is 0.207. The minimum absolute atomic E-state index is 0.0681. The average molecular weight is 222 g/mol. The number of aromatic hydroxyl groups is 1. The van der Waals surface area contributed by atoms with Gasteiger partial charge in [-0.05, 0) is 25.1 Å². The van der Waals surface area contributed by atoms with Crippen molar-refractivity contribution in [1.29, 1.82) is 5.41 Å². The number of methoxy groups -OCH3 is 1. The van der Waals surface area contributed by atoms with Gasteiger partial charge in [-0.3, -0.25) is 5.41 Å². The lowest BCUT2D eigenvalue weighted by Crippen LogP contribution is -2.26. The third kappa shape index (κ3) is 2.88. The van der Waals surface area contributed by atoms with Gasteiger partial charge in [0.15, 0.2) is 11.5 Å². The summed E-state index contributed by atoms with van der Waals surface area (Å²) in [6, 6.07) is 4.86. The summed E-state index contributed by atoms with van der Waals surface area (Å²) in [6.07, 6.45) is 0. The third-order valence-corrected chi connectivity index (χ3v) is 1.94. The van der Waals surface area contributed by atoms with Crippen molar-refractivity contribution < 1.29 is 9.84 Å². The van der Waals surface area contributed by atoms with Gasteiger partial charge in [-0.2, -0.15) is 5.10 Å². The number of nitrogens with two attached hydrogens (primary N) is 1. The molecule has 6 heteroatoms. The van der Waals surface area contributed by atoms with Gasteiger partial charge in [0.2, 0.25) is 5.96 Å². The molecule has 0 heterocycles. The van der Waals surface area contributed by atoms with E-state index in [4.69, 9.17) is 15.9 Å². The Hall–Kier alpha value is -2.24. The number of phenolic OH excluding ortho intramolecular Hbond substituents is 1. The van der Waals surface area contributed by atoms with Crippen LogP contribution in [0.3, 0.4) is 0 Å². The molecule has 0 aliphatic rings. The molecule has 0 unspecified atom stereocenters. The summed E-state index contributed by atoms with van der Waals surface area (Å²) in [7, 11) is 1.47. The number of nitrogens with zero attached hydrogens (tertiary/aromatic N) is 1. The van der Waals surface area contributed by atoms with E-state index in [0.29, 0.717) is 11.5 Å². The van der Waals surface area contributed by atoms with Crippen LogP contribution in [0.5, 0.6) is 11.5 Å². The Labute approximate surface area is 93.2 Å². The molecule has 1 aromatic rings. The highest BCUT2D eigenvalue weighted by Gasteiger charge is 2.04. The van der Waals surface area contributed by atoms with Crippen molar-refractivity contribution in [3.63, 3.8) is 0 Å². The van der Waals surface area contributed by atoms with Crippen LogP contribution in [-0.2, 0) is 0 Å². The fourth-order valence-electron chi connectivity index (χ4n) is 1.11. The minimum Gasteiger partial charge on any atom is -0.504 e. The van der Waals surface area contributed by atoms with Crippen molar-refractivity contribution in [2.45, 2.75) is 6.92 Å². The van der Waals surface area contributed by atoms with Gasteiger partial charge < -0.3 is 15.6 Å². The van der Waals surface area contributed by atoms with Crippen molar-refractivity contribution in [2.75, 3.05) is 7.11 Å². The molecule has 0 fully saturated rings. The maximum absolute atomic E-state index is 9.40. The molecule has 0 aliphatic carbocycles. The monoisotopic (exact) mass is 222 g/mol. The van der Waals surface area contributed by atoms with Crippen LogP contribution in [0.25, 0.3) is 0 Å². The lowest BCUT2D eigenvalue weighted by Gasteiger charge is -2.06. The lowest BCUT2D eigenvalue weighted by molar-refractivity contribution is 0.373. The Morgan fingerprint density at radius 3 is 2.81 bits per heavy atom. The van der Waals surface area contributed by atoms with Crippen LogP contribution >= 0.6 is 0 Å². The molecule has 86 valence electrons. The molecule has 0 saturated heterocycles. The highest BCUT2D eigenvalue weighted by molar-refractivity contribution is 5.99. The molecule has 0 radical (unpaired) electrons. The molecule has 16 heavy (non-hydrogen) atoms. The van der Waals surface area contributed by atoms with Gasteiger partial charge >= 0.3 is 0 Å². The van der Waals surface area contributed by atoms with Crippen molar-refractivity contribution in [3.05, 3.63) is 23.8 Å². The van der Waals surface area contributed by atoms with Gasteiger partial charge in [0.05, 0.1) is 12.8 Å². The molecule has 1 aromatic carbocycles. The topological polar surface area (TPSA) is 104 Å². The molecule has 0 aliphatic heterocycles. The van der Waals surface area contributed by atoms with Crippen molar-refractivity contribution in [1.82, 2.24) is 5.43 Å². The quantitative estimate of drug-likeness (QED) is 0.341. The smallest absolute Gasteiger partial charge is 0.206 e. The molecular formula is C10H14N4O2. The predicted octanol–water partition coefficient (Wildman–Crippen LogP) is 0.608. The average Bonchev–Trinajstić information content (AvgIpc) is 2.26. The molecule has 5 N–H and O–H groups in total. The normalized spacial score (nSPS) is 11.0. The Balaban J connectivity index is 2.95. The maximum Gasteiger partial charge on any atom is 0.206 e. The fraction of sp³-hybridized carbons (Fsp3) is 0.200. The molecule has 0 amide bonds. The van der Waals surface area contributed by atoms with Crippen LogP contribution in [0.15, 0.2) is 23.3 Å². The second-order valence-electron chi connectivity index (χ2n) is 3.11. The largest absolute Gasteiger partial charge is 0.504 e. The number of guanidine groups is 1. The zero-order chi connectivity index (χ0) is 12.1. The first-order valence-corrected chi connectivity index (χ1v) is 4.56. The van der Waals surface area contributed by atoms with Gasteiger partial charge in [-0.25, -0.2) is 5.43 Å². The van der Waals surface area contributed by atoms with Crippen molar-refractivity contribution in [2.24, 2.45) is 10.8 Å². The highest BCUT2D eigenvalue weighted by atomic mass is 16.5. The van der Waals surface area contributed by atoms with Crippen LogP contribution in [0.1, 0.15) is 12.5 Å². The first-order valence-electron chi connectivity index (χ1n) is 4.56. The van der Waals surface area contributed by atoms with E-state index >= 15 is 0 Å². The molecule has 0 bridgehead atoms. The first kappa shape index (κ1) is 11.8. The number of rotatable bonds is 3. The van der Waals surface area contributed by atoms with Crippen molar-refractivity contribution in [3.8, 4) is 11.5 Å². The fourth-order valence-corrected chi connectivity index (χ4v) is 1.11. The van der Waals surface area contributed by atoms with Gasteiger partial charge in [0, 0.05) is 5.56 Å². The molecule has 6 nitrogen and oxygen atoms in total. The Kier molecular flexibility index (Phi) is 3.71. The van der Waals surface area contributed by atoms with Crippen LogP contribution < -0.4 is 15.9 Å².